The minimum Gasteiger partial charge on any atom is -0.357 e. The van der Waals surface area contributed by atoms with E-state index in [0.717, 1.165) is 44.6 Å². The summed E-state index contributed by atoms with van der Waals surface area (Å²) in [5.41, 5.74) is -0.801. The third kappa shape index (κ3) is 6.04. The van der Waals surface area contributed by atoms with Gasteiger partial charge in [0.1, 0.15) is 0 Å². The lowest BCUT2D eigenvalue weighted by Gasteiger charge is -2.31. The molecular formula is C17H22F3N3O2. The first-order valence-electron chi connectivity index (χ1n) is 8.25. The van der Waals surface area contributed by atoms with Crippen LogP contribution in [0, 0.1) is 5.92 Å². The molecule has 25 heavy (non-hydrogen) atoms. The molecule has 1 fully saturated rings. The number of carbonyl (C=O) groups is 2. The monoisotopic (exact) mass is 357 g/mol. The summed E-state index contributed by atoms with van der Waals surface area (Å²) in [4.78, 5) is 24.5. The molecule has 2 N–H and O–H groups in total. The zero-order valence-corrected chi connectivity index (χ0v) is 13.8. The van der Waals surface area contributed by atoms with Gasteiger partial charge in [-0.05, 0) is 50.0 Å². The van der Waals surface area contributed by atoms with Crippen molar-refractivity contribution < 1.29 is 22.8 Å². The van der Waals surface area contributed by atoms with Gasteiger partial charge in [-0.15, -0.1) is 0 Å². The van der Waals surface area contributed by atoms with Gasteiger partial charge in [0.05, 0.1) is 5.56 Å². The fraction of sp³-hybridized carbons (Fsp3) is 0.529. The number of nitrogens with one attached hydrogen (secondary N) is 2. The van der Waals surface area contributed by atoms with E-state index in [1.165, 1.54) is 12.1 Å². The van der Waals surface area contributed by atoms with Crippen LogP contribution in [-0.4, -0.2) is 49.9 Å². The molecule has 138 valence electrons. The summed E-state index contributed by atoms with van der Waals surface area (Å²) in [5.74, 6) is -0.172. The standard InChI is InChI=1S/C17H22F3N3O2/c18-17(19,20)15-3-1-2-14(10-15)16(25)22-11-13-4-7-23(8-5-13)9-6-21-12-24/h1-3,10,12-13H,4-9,11H2,(H,21,24)(H,22,25). The molecule has 1 aliphatic heterocycles. The predicted molar refractivity (Wildman–Crippen MR) is 87.0 cm³/mol. The molecular weight excluding hydrogens is 335 g/mol. The smallest absolute Gasteiger partial charge is 0.357 e. The number of rotatable bonds is 7. The Bertz CT molecular complexity index is 585. The molecule has 0 aromatic heterocycles. The van der Waals surface area contributed by atoms with Crippen molar-refractivity contribution in [3.8, 4) is 0 Å². The van der Waals surface area contributed by atoms with E-state index in [2.05, 4.69) is 15.5 Å². The average Bonchev–Trinajstić information content (AvgIpc) is 2.60. The summed E-state index contributed by atoms with van der Waals surface area (Å²) in [6.45, 7) is 3.62. The first kappa shape index (κ1) is 19.2. The Hall–Kier alpha value is -2.09. The van der Waals surface area contributed by atoms with Gasteiger partial charge in [-0.1, -0.05) is 6.07 Å². The molecule has 1 aromatic rings. The largest absolute Gasteiger partial charge is 0.416 e. The van der Waals surface area contributed by atoms with Gasteiger partial charge >= 0.3 is 6.18 Å². The Morgan fingerprint density at radius 3 is 2.64 bits per heavy atom. The molecule has 0 aliphatic carbocycles. The second-order valence-electron chi connectivity index (χ2n) is 6.15. The maximum Gasteiger partial charge on any atom is 0.416 e. The highest BCUT2D eigenvalue weighted by Crippen LogP contribution is 2.29. The topological polar surface area (TPSA) is 61.4 Å². The van der Waals surface area contributed by atoms with Crippen molar-refractivity contribution in [2.75, 3.05) is 32.7 Å². The highest BCUT2D eigenvalue weighted by Gasteiger charge is 2.31. The van der Waals surface area contributed by atoms with Crippen LogP contribution in [0.5, 0.6) is 0 Å². The summed E-state index contributed by atoms with van der Waals surface area (Å²) in [6.07, 6.45) is -1.97. The van der Waals surface area contributed by atoms with Crippen molar-refractivity contribution in [3.05, 3.63) is 35.4 Å². The summed E-state index contributed by atoms with van der Waals surface area (Å²) in [5, 5.41) is 5.35. The Balaban J connectivity index is 1.77. The number of piperidine rings is 1. The van der Waals surface area contributed by atoms with E-state index in [-0.39, 0.29) is 5.56 Å². The van der Waals surface area contributed by atoms with Crippen LogP contribution in [0.25, 0.3) is 0 Å². The first-order chi connectivity index (χ1) is 11.9. The van der Waals surface area contributed by atoms with E-state index in [0.29, 0.717) is 25.4 Å². The van der Waals surface area contributed by atoms with Crippen molar-refractivity contribution in [3.63, 3.8) is 0 Å². The molecule has 0 spiro atoms. The lowest BCUT2D eigenvalue weighted by Crippen LogP contribution is -2.41. The van der Waals surface area contributed by atoms with Gasteiger partial charge in [0.15, 0.2) is 0 Å². The number of amides is 2. The molecule has 2 amide bonds. The van der Waals surface area contributed by atoms with E-state index < -0.39 is 17.6 Å². The fourth-order valence-corrected chi connectivity index (χ4v) is 2.87. The van der Waals surface area contributed by atoms with Gasteiger partial charge in [-0.3, -0.25) is 9.59 Å². The molecule has 1 aromatic carbocycles. The Kier molecular flexibility index (Phi) is 6.81. The Labute approximate surface area is 144 Å². The minimum atomic E-state index is -4.46. The summed E-state index contributed by atoms with van der Waals surface area (Å²) in [6, 6.07) is 4.45. The molecule has 0 bridgehead atoms. The summed E-state index contributed by atoms with van der Waals surface area (Å²) >= 11 is 0. The highest BCUT2D eigenvalue weighted by molar-refractivity contribution is 5.94. The number of hydrogen-bond acceptors (Lipinski definition) is 3. The summed E-state index contributed by atoms with van der Waals surface area (Å²) < 4.78 is 38.1. The number of hydrogen-bond donors (Lipinski definition) is 2. The third-order valence-corrected chi connectivity index (χ3v) is 4.37. The van der Waals surface area contributed by atoms with Crippen LogP contribution in [0.1, 0.15) is 28.8 Å². The molecule has 1 aliphatic rings. The Morgan fingerprint density at radius 1 is 1.28 bits per heavy atom. The third-order valence-electron chi connectivity index (χ3n) is 4.37. The van der Waals surface area contributed by atoms with Crippen LogP contribution in [0.2, 0.25) is 0 Å². The highest BCUT2D eigenvalue weighted by atomic mass is 19.4. The zero-order chi connectivity index (χ0) is 18.3. The predicted octanol–water partition coefficient (Wildman–Crippen LogP) is 1.89. The van der Waals surface area contributed by atoms with Gasteiger partial charge in [-0.2, -0.15) is 13.2 Å². The van der Waals surface area contributed by atoms with Gasteiger partial charge in [0, 0.05) is 25.2 Å². The van der Waals surface area contributed by atoms with E-state index in [1.54, 1.807) is 0 Å². The van der Waals surface area contributed by atoms with Crippen LogP contribution in [0.4, 0.5) is 13.2 Å². The molecule has 8 heteroatoms. The maximum atomic E-state index is 12.7. The van der Waals surface area contributed by atoms with Crippen LogP contribution < -0.4 is 10.6 Å². The second kappa shape index (κ2) is 8.84. The number of benzene rings is 1. The van der Waals surface area contributed by atoms with Crippen LogP contribution in [-0.2, 0) is 11.0 Å². The number of likely N-dealkylation sites (tertiary alicyclic amines) is 1. The zero-order valence-electron chi connectivity index (χ0n) is 13.8. The molecule has 1 heterocycles. The van der Waals surface area contributed by atoms with E-state index in [1.807, 2.05) is 0 Å². The van der Waals surface area contributed by atoms with E-state index in [9.17, 15) is 22.8 Å². The SMILES string of the molecule is O=CNCCN1CCC(CNC(=O)c2cccc(C(F)(F)F)c2)CC1. The lowest BCUT2D eigenvalue weighted by molar-refractivity contribution is -0.137. The molecule has 0 saturated carbocycles. The van der Waals surface area contributed by atoms with Crippen molar-refractivity contribution in [2.24, 2.45) is 5.92 Å². The fourth-order valence-electron chi connectivity index (χ4n) is 2.87. The van der Waals surface area contributed by atoms with Gasteiger partial charge < -0.3 is 15.5 Å². The first-order valence-corrected chi connectivity index (χ1v) is 8.25. The van der Waals surface area contributed by atoms with Gasteiger partial charge in [-0.25, -0.2) is 0 Å². The summed E-state index contributed by atoms with van der Waals surface area (Å²) in [7, 11) is 0. The van der Waals surface area contributed by atoms with E-state index >= 15 is 0 Å². The molecule has 0 atom stereocenters. The van der Waals surface area contributed by atoms with Crippen molar-refractivity contribution in [1.29, 1.82) is 0 Å². The molecule has 2 rings (SSSR count). The number of carbonyl (C=O) groups excluding carboxylic acids is 2. The number of alkyl halides is 3. The second-order valence-corrected chi connectivity index (χ2v) is 6.15. The van der Waals surface area contributed by atoms with Crippen molar-refractivity contribution in [2.45, 2.75) is 19.0 Å². The number of halogens is 3. The normalized spacial score (nSPS) is 16.4. The van der Waals surface area contributed by atoms with E-state index in [4.69, 9.17) is 0 Å². The molecule has 1 saturated heterocycles. The minimum absolute atomic E-state index is 0.0206. The molecule has 5 nitrogen and oxygen atoms in total. The maximum absolute atomic E-state index is 12.7. The molecule has 0 unspecified atom stereocenters. The number of nitrogens with zero attached hydrogens (tertiary/aromatic N) is 1. The van der Waals surface area contributed by atoms with Crippen LogP contribution >= 0.6 is 0 Å². The van der Waals surface area contributed by atoms with Crippen molar-refractivity contribution in [1.82, 2.24) is 15.5 Å². The quantitative estimate of drug-likeness (QED) is 0.579. The van der Waals surface area contributed by atoms with Gasteiger partial charge in [0.25, 0.3) is 5.91 Å². The molecule has 0 radical (unpaired) electrons. The lowest BCUT2D eigenvalue weighted by atomic mass is 9.96. The van der Waals surface area contributed by atoms with Crippen LogP contribution in [0.3, 0.4) is 0 Å². The van der Waals surface area contributed by atoms with Crippen LogP contribution in [0.15, 0.2) is 24.3 Å². The Morgan fingerprint density at radius 2 is 2.00 bits per heavy atom. The average molecular weight is 357 g/mol. The van der Waals surface area contributed by atoms with Gasteiger partial charge in [0.2, 0.25) is 6.41 Å². The van der Waals surface area contributed by atoms with Crippen molar-refractivity contribution >= 4 is 12.3 Å².